The van der Waals surface area contributed by atoms with Gasteiger partial charge in [-0.3, -0.25) is 19.1 Å². The van der Waals surface area contributed by atoms with E-state index >= 15 is 0 Å². The zero-order valence-corrected chi connectivity index (χ0v) is 31.4. The molecule has 2 aromatic carbocycles. The molecule has 0 unspecified atom stereocenters. The number of alkyl halides is 3. The second-order valence-corrected chi connectivity index (χ2v) is 17.0. The zero-order chi connectivity index (χ0) is 39.4. The van der Waals surface area contributed by atoms with Crippen molar-refractivity contribution >= 4 is 44.3 Å². The number of amides is 3. The maximum atomic E-state index is 14.2. The highest BCUT2D eigenvalue weighted by atomic mass is 32.2. The van der Waals surface area contributed by atoms with Crippen LogP contribution in [0.2, 0.25) is 0 Å². The first-order valence-corrected chi connectivity index (χ1v) is 20.4. The molecular weight excluding hydrogens is 754 g/mol. The number of methoxy groups -OCH3 is 1. The number of hydrogen-bond acceptors (Lipinski definition) is 9. The third-order valence-electron chi connectivity index (χ3n) is 11.1. The fraction of sp³-hybridized carbons (Fsp3) is 0.462. The van der Waals surface area contributed by atoms with Gasteiger partial charge in [0.05, 0.1) is 30.2 Å². The Kier molecular flexibility index (Phi) is 9.69. The molecule has 8 rings (SSSR count). The summed E-state index contributed by atoms with van der Waals surface area (Å²) in [6.45, 7) is -0.0359. The maximum Gasteiger partial charge on any atom is 0.418 e. The summed E-state index contributed by atoms with van der Waals surface area (Å²) >= 11 is 0. The Balaban J connectivity index is 1.14. The van der Waals surface area contributed by atoms with E-state index in [-0.39, 0.29) is 54.1 Å². The minimum atomic E-state index is -4.70. The van der Waals surface area contributed by atoms with Crippen LogP contribution in [0, 0.1) is 5.92 Å². The molecule has 4 aromatic rings. The predicted octanol–water partition coefficient (Wildman–Crippen LogP) is 5.32. The number of nitrogens with zero attached hydrogens (tertiary/aromatic N) is 4. The fourth-order valence-electron chi connectivity index (χ4n) is 7.74. The summed E-state index contributed by atoms with van der Waals surface area (Å²) in [6, 6.07) is 11.1. The lowest BCUT2D eigenvalue weighted by Gasteiger charge is -2.26. The van der Waals surface area contributed by atoms with Gasteiger partial charge in [-0.2, -0.15) is 22.8 Å². The number of carbonyl (C=O) groups is 3. The minimum Gasteiger partial charge on any atom is -0.497 e. The average molecular weight is 795 g/mol. The number of ether oxygens (including phenoxy) is 2. The number of hydrogen-bond donors (Lipinski definition) is 2. The second kappa shape index (κ2) is 14.4. The quantitative estimate of drug-likeness (QED) is 0.236. The van der Waals surface area contributed by atoms with Crippen LogP contribution in [-0.4, -0.2) is 82.2 Å². The van der Waals surface area contributed by atoms with Crippen molar-refractivity contribution in [2.24, 2.45) is 5.92 Å². The van der Waals surface area contributed by atoms with Crippen LogP contribution in [0.4, 0.5) is 13.2 Å². The summed E-state index contributed by atoms with van der Waals surface area (Å²) in [7, 11) is -2.38. The van der Waals surface area contributed by atoms with Crippen molar-refractivity contribution in [2.75, 3.05) is 13.7 Å². The van der Waals surface area contributed by atoms with Gasteiger partial charge in [-0.25, -0.2) is 13.4 Å². The van der Waals surface area contributed by atoms with Crippen LogP contribution >= 0.6 is 0 Å². The molecule has 0 spiro atoms. The summed E-state index contributed by atoms with van der Waals surface area (Å²) in [5.41, 5.74) is -1.68. The van der Waals surface area contributed by atoms with Gasteiger partial charge < -0.3 is 19.7 Å². The monoisotopic (exact) mass is 794 g/mol. The SMILES string of the molecule is COc1ccc(-c2cc(O[C@@H]3C[C@H]4C(=O)N[C@]5(C(=O)NS(=O)(=O)C6CC6)C[C@H]5/C=C\CCCCCCC(=O)N4C3)n3nc4c(C(F)(F)F)cccc4c3n2)cc1. The Morgan fingerprint density at radius 2 is 1.82 bits per heavy atom. The predicted molar refractivity (Wildman–Crippen MR) is 198 cm³/mol. The third kappa shape index (κ3) is 7.28. The van der Waals surface area contributed by atoms with E-state index in [0.717, 1.165) is 31.7 Å². The summed E-state index contributed by atoms with van der Waals surface area (Å²) in [6.07, 6.45) is 3.41. The molecule has 3 fully saturated rings. The van der Waals surface area contributed by atoms with Crippen LogP contribution in [-0.2, 0) is 30.6 Å². The van der Waals surface area contributed by atoms with E-state index in [1.165, 1.54) is 28.7 Å². The minimum absolute atomic E-state index is 0.0214. The number of rotatable bonds is 7. The second-order valence-electron chi connectivity index (χ2n) is 15.0. The number of fused-ring (bicyclic) bond motifs is 5. The highest BCUT2D eigenvalue weighted by Crippen LogP contribution is 2.46. The Bertz CT molecular complexity index is 2340. The lowest BCUT2D eigenvalue weighted by atomic mass is 10.1. The molecule has 296 valence electrons. The lowest BCUT2D eigenvalue weighted by molar-refractivity contribution is -0.139. The highest BCUT2D eigenvalue weighted by Gasteiger charge is 2.62. The summed E-state index contributed by atoms with van der Waals surface area (Å²) in [5.74, 6) is -1.54. The largest absolute Gasteiger partial charge is 0.497 e. The van der Waals surface area contributed by atoms with Crippen molar-refractivity contribution in [3.05, 3.63) is 66.2 Å². The standard InChI is InChI=1S/C39H41F3N6O7S/c1-54-25-15-13-23(14-16-25)30-20-33(48-35(43-30)28-10-8-11-29(34(28)45-48)39(40,41)42)55-26-19-31-36(50)44-38(37(51)46-56(52,53)27-17-18-27)21-24(38)9-6-4-2-3-5-7-12-32(49)47(31)22-26/h6,8-11,13-16,20,24,26-27,31H,2-5,7,12,17-19,21-22H2,1H3,(H,44,50)(H,46,51)/b9-6-/t24-,26-,31+,38-/m1/s1. The van der Waals surface area contributed by atoms with E-state index in [4.69, 9.17) is 14.5 Å². The van der Waals surface area contributed by atoms with E-state index in [9.17, 15) is 36.0 Å². The maximum absolute atomic E-state index is 14.2. The van der Waals surface area contributed by atoms with Gasteiger partial charge in [0.25, 0.3) is 5.91 Å². The van der Waals surface area contributed by atoms with Crippen molar-refractivity contribution < 1.29 is 45.4 Å². The molecular formula is C39H41F3N6O7S. The van der Waals surface area contributed by atoms with Crippen molar-refractivity contribution in [3.8, 4) is 22.9 Å². The molecule has 56 heavy (non-hydrogen) atoms. The molecule has 1 saturated heterocycles. The van der Waals surface area contributed by atoms with Gasteiger partial charge in [0, 0.05) is 35.8 Å². The number of halogens is 3. The first kappa shape index (κ1) is 37.7. The Labute approximate surface area is 320 Å². The van der Waals surface area contributed by atoms with Crippen molar-refractivity contribution in [1.82, 2.24) is 29.5 Å². The number of benzene rings is 2. The van der Waals surface area contributed by atoms with Gasteiger partial charge in [-0.1, -0.05) is 31.1 Å². The molecule has 2 aromatic heterocycles. The number of aromatic nitrogens is 3. The summed E-state index contributed by atoms with van der Waals surface area (Å²) < 4.78 is 83.2. The number of carbonyl (C=O) groups excluding carboxylic acids is 3. The average Bonchev–Trinajstić information content (AvgIpc) is 4.06. The molecule has 4 heterocycles. The molecule has 2 saturated carbocycles. The van der Waals surface area contributed by atoms with E-state index in [1.54, 1.807) is 30.3 Å². The van der Waals surface area contributed by atoms with E-state index < -0.39 is 62.4 Å². The van der Waals surface area contributed by atoms with Crippen molar-refractivity contribution in [3.63, 3.8) is 0 Å². The molecule has 2 aliphatic heterocycles. The number of allylic oxidation sites excluding steroid dienone is 1. The van der Waals surface area contributed by atoms with Gasteiger partial charge in [-0.05, 0) is 74.9 Å². The molecule has 4 aliphatic rings. The summed E-state index contributed by atoms with van der Waals surface area (Å²) in [5, 5.41) is 6.67. The van der Waals surface area contributed by atoms with Crippen molar-refractivity contribution in [2.45, 2.75) is 93.3 Å². The van der Waals surface area contributed by atoms with E-state index in [0.29, 0.717) is 36.3 Å². The number of nitrogens with one attached hydrogen (secondary N) is 2. The zero-order valence-electron chi connectivity index (χ0n) is 30.5. The van der Waals surface area contributed by atoms with E-state index in [1.807, 2.05) is 12.2 Å². The van der Waals surface area contributed by atoms with Crippen molar-refractivity contribution in [1.29, 1.82) is 0 Å². The molecule has 4 atom stereocenters. The van der Waals surface area contributed by atoms with Gasteiger partial charge in [0.15, 0.2) is 5.65 Å². The normalized spacial score (nSPS) is 25.4. The highest BCUT2D eigenvalue weighted by molar-refractivity contribution is 7.91. The first-order chi connectivity index (χ1) is 26.8. The lowest BCUT2D eigenvalue weighted by Crippen LogP contribution is -2.56. The third-order valence-corrected chi connectivity index (χ3v) is 12.9. The van der Waals surface area contributed by atoms with E-state index in [2.05, 4.69) is 15.1 Å². The molecule has 2 N–H and O–H groups in total. The first-order valence-electron chi connectivity index (χ1n) is 18.8. The van der Waals surface area contributed by atoms with Crippen LogP contribution in [0.5, 0.6) is 11.6 Å². The Morgan fingerprint density at radius 3 is 2.55 bits per heavy atom. The smallest absolute Gasteiger partial charge is 0.418 e. The van der Waals surface area contributed by atoms with Crippen LogP contribution in [0.15, 0.2) is 60.7 Å². The van der Waals surface area contributed by atoms with Gasteiger partial charge in [0.2, 0.25) is 27.7 Å². The molecule has 2 aliphatic carbocycles. The molecule has 17 heteroatoms. The molecule has 0 radical (unpaired) electrons. The Hall–Kier alpha value is -5.19. The van der Waals surface area contributed by atoms with Gasteiger partial charge >= 0.3 is 6.18 Å². The topological polar surface area (TPSA) is 161 Å². The van der Waals surface area contributed by atoms with Crippen LogP contribution in [0.1, 0.15) is 69.8 Å². The van der Waals surface area contributed by atoms with Crippen LogP contribution < -0.4 is 19.5 Å². The number of sulfonamides is 1. The van der Waals surface area contributed by atoms with Crippen LogP contribution in [0.25, 0.3) is 27.8 Å². The molecule has 3 amide bonds. The summed E-state index contributed by atoms with van der Waals surface area (Å²) in [4.78, 5) is 47.8. The fourth-order valence-corrected chi connectivity index (χ4v) is 9.11. The molecule has 13 nitrogen and oxygen atoms in total. The Morgan fingerprint density at radius 1 is 1.05 bits per heavy atom. The van der Waals surface area contributed by atoms with Gasteiger partial charge in [-0.15, -0.1) is 0 Å². The van der Waals surface area contributed by atoms with Gasteiger partial charge in [0.1, 0.15) is 29.0 Å². The molecule has 0 bridgehead atoms. The van der Waals surface area contributed by atoms with Crippen LogP contribution in [0.3, 0.4) is 0 Å².